The van der Waals surface area contributed by atoms with Crippen molar-refractivity contribution >= 4 is 27.8 Å². The largest absolute Gasteiger partial charge is 0.496 e. The van der Waals surface area contributed by atoms with Crippen LogP contribution in [0, 0.1) is 11.3 Å². The number of benzene rings is 1. The van der Waals surface area contributed by atoms with Crippen molar-refractivity contribution in [1.29, 1.82) is 0 Å². The van der Waals surface area contributed by atoms with Crippen LogP contribution in [0.25, 0.3) is 0 Å². The quantitative estimate of drug-likeness (QED) is 0.831. The highest BCUT2D eigenvalue weighted by Gasteiger charge is 2.55. The van der Waals surface area contributed by atoms with E-state index in [0.29, 0.717) is 32.4 Å². The number of hydrogen-bond acceptors (Lipinski definition) is 3. The molecule has 3 rings (SSSR count). The van der Waals surface area contributed by atoms with Crippen molar-refractivity contribution in [3.8, 4) is 5.75 Å². The van der Waals surface area contributed by atoms with E-state index in [1.807, 2.05) is 18.2 Å². The standard InChI is InChI=1S/C18H22BrNO4/c1-24-15-6-4-12(9-14(15)19)5-7-16(21)20-10-13-3-2-8-18(13,11-20)17(22)23/h4,6,9,13H,2-3,5,7-8,10-11H2,1H3,(H,22,23)/t13-,18+/m0/s1. The molecule has 1 aliphatic carbocycles. The van der Waals surface area contributed by atoms with Crippen LogP contribution in [0.15, 0.2) is 22.7 Å². The molecular weight excluding hydrogens is 374 g/mol. The minimum absolute atomic E-state index is 0.0527. The van der Waals surface area contributed by atoms with Crippen LogP contribution in [0.3, 0.4) is 0 Å². The molecule has 0 spiro atoms. The van der Waals surface area contributed by atoms with Gasteiger partial charge in [-0.25, -0.2) is 0 Å². The minimum atomic E-state index is -0.737. The molecule has 1 saturated carbocycles. The van der Waals surface area contributed by atoms with Crippen molar-refractivity contribution in [2.24, 2.45) is 11.3 Å². The Morgan fingerprint density at radius 3 is 2.88 bits per heavy atom. The van der Waals surface area contributed by atoms with Gasteiger partial charge in [0.2, 0.25) is 5.91 Å². The van der Waals surface area contributed by atoms with Gasteiger partial charge in [-0.15, -0.1) is 0 Å². The second-order valence-electron chi connectivity index (χ2n) is 6.79. The molecular formula is C18H22BrNO4. The summed E-state index contributed by atoms with van der Waals surface area (Å²) >= 11 is 3.45. The average molecular weight is 396 g/mol. The molecule has 2 fully saturated rings. The first-order valence-electron chi connectivity index (χ1n) is 8.30. The normalized spacial score (nSPS) is 25.6. The lowest BCUT2D eigenvalue weighted by molar-refractivity contribution is -0.149. The van der Waals surface area contributed by atoms with E-state index >= 15 is 0 Å². The van der Waals surface area contributed by atoms with E-state index < -0.39 is 11.4 Å². The van der Waals surface area contributed by atoms with Gasteiger partial charge < -0.3 is 14.7 Å². The maximum atomic E-state index is 12.5. The van der Waals surface area contributed by atoms with Crippen LogP contribution >= 0.6 is 15.9 Å². The highest BCUT2D eigenvalue weighted by molar-refractivity contribution is 9.10. The van der Waals surface area contributed by atoms with E-state index in [0.717, 1.165) is 28.6 Å². The number of rotatable bonds is 5. The van der Waals surface area contributed by atoms with Crippen molar-refractivity contribution in [3.05, 3.63) is 28.2 Å². The molecule has 1 amide bonds. The van der Waals surface area contributed by atoms with Gasteiger partial charge in [0, 0.05) is 19.5 Å². The molecule has 2 atom stereocenters. The summed E-state index contributed by atoms with van der Waals surface area (Å²) in [6.07, 6.45) is 3.62. The van der Waals surface area contributed by atoms with Crippen LogP contribution in [0.2, 0.25) is 0 Å². The first kappa shape index (κ1) is 17.3. The second-order valence-corrected chi connectivity index (χ2v) is 7.65. The number of nitrogens with zero attached hydrogens (tertiary/aromatic N) is 1. The number of carbonyl (C=O) groups is 2. The first-order chi connectivity index (χ1) is 11.5. The van der Waals surface area contributed by atoms with Gasteiger partial charge >= 0.3 is 5.97 Å². The average Bonchev–Trinajstić information content (AvgIpc) is 3.11. The summed E-state index contributed by atoms with van der Waals surface area (Å²) in [5.74, 6) is 0.200. The number of carboxylic acid groups (broad SMARTS) is 1. The number of fused-ring (bicyclic) bond motifs is 1. The van der Waals surface area contributed by atoms with Crippen molar-refractivity contribution in [2.45, 2.75) is 32.1 Å². The zero-order valence-electron chi connectivity index (χ0n) is 13.8. The van der Waals surface area contributed by atoms with Gasteiger partial charge in [-0.1, -0.05) is 12.5 Å². The predicted molar refractivity (Wildman–Crippen MR) is 93.0 cm³/mol. The van der Waals surface area contributed by atoms with Gasteiger partial charge in [-0.05, 0) is 58.8 Å². The number of amides is 1. The molecule has 1 N–H and O–H groups in total. The smallest absolute Gasteiger partial charge is 0.311 e. The van der Waals surface area contributed by atoms with Crippen molar-refractivity contribution in [3.63, 3.8) is 0 Å². The monoisotopic (exact) mass is 395 g/mol. The summed E-state index contributed by atoms with van der Waals surface area (Å²) in [4.78, 5) is 26.0. The number of methoxy groups -OCH3 is 1. The highest BCUT2D eigenvalue weighted by Crippen LogP contribution is 2.49. The van der Waals surface area contributed by atoms with Gasteiger partial charge in [-0.2, -0.15) is 0 Å². The van der Waals surface area contributed by atoms with E-state index in [4.69, 9.17) is 4.74 Å². The first-order valence-corrected chi connectivity index (χ1v) is 9.09. The van der Waals surface area contributed by atoms with Gasteiger partial charge in [-0.3, -0.25) is 9.59 Å². The third-order valence-corrected chi connectivity index (χ3v) is 6.11. The van der Waals surface area contributed by atoms with Gasteiger partial charge in [0.1, 0.15) is 5.75 Å². The SMILES string of the molecule is COc1ccc(CCC(=O)N2C[C@@H]3CCC[C@@]3(C(=O)O)C2)cc1Br. The number of carbonyl (C=O) groups excluding carboxylic acids is 1. The molecule has 0 aromatic heterocycles. The van der Waals surface area contributed by atoms with Crippen molar-refractivity contribution in [2.75, 3.05) is 20.2 Å². The van der Waals surface area contributed by atoms with Gasteiger partial charge in [0.15, 0.2) is 0 Å². The summed E-state index contributed by atoms with van der Waals surface area (Å²) in [5, 5.41) is 9.61. The Morgan fingerprint density at radius 2 is 2.25 bits per heavy atom. The van der Waals surface area contributed by atoms with E-state index in [1.165, 1.54) is 0 Å². The third kappa shape index (κ3) is 3.04. The topological polar surface area (TPSA) is 66.8 Å². The Balaban J connectivity index is 1.60. The Morgan fingerprint density at radius 1 is 1.46 bits per heavy atom. The van der Waals surface area contributed by atoms with Crippen LogP contribution in [0.5, 0.6) is 5.75 Å². The predicted octanol–water partition coefficient (Wildman–Crippen LogP) is 3.10. The van der Waals surface area contributed by atoms with E-state index in [9.17, 15) is 14.7 Å². The molecule has 6 heteroatoms. The molecule has 0 radical (unpaired) electrons. The molecule has 0 bridgehead atoms. The number of aryl methyl sites for hydroxylation is 1. The molecule has 1 aromatic carbocycles. The molecule has 2 aliphatic rings. The zero-order valence-corrected chi connectivity index (χ0v) is 15.3. The third-order valence-electron chi connectivity index (χ3n) is 5.49. The highest BCUT2D eigenvalue weighted by atomic mass is 79.9. The van der Waals surface area contributed by atoms with Crippen LogP contribution in [-0.4, -0.2) is 42.1 Å². The van der Waals surface area contributed by atoms with Gasteiger partial charge in [0.05, 0.1) is 17.0 Å². The van der Waals surface area contributed by atoms with E-state index in [1.54, 1.807) is 12.0 Å². The maximum Gasteiger partial charge on any atom is 0.311 e. The number of hydrogen-bond donors (Lipinski definition) is 1. The fourth-order valence-electron chi connectivity index (χ4n) is 4.10. The Labute approximate surface area is 150 Å². The van der Waals surface area contributed by atoms with Crippen molar-refractivity contribution in [1.82, 2.24) is 4.90 Å². The summed E-state index contributed by atoms with van der Waals surface area (Å²) in [7, 11) is 1.62. The fourth-order valence-corrected chi connectivity index (χ4v) is 4.69. The summed E-state index contributed by atoms with van der Waals surface area (Å²) < 4.78 is 6.08. The summed E-state index contributed by atoms with van der Waals surface area (Å²) in [5.41, 5.74) is 0.363. The number of aliphatic carboxylic acids is 1. The number of likely N-dealkylation sites (tertiary alicyclic amines) is 1. The molecule has 1 aliphatic heterocycles. The Hall–Kier alpha value is -1.56. The fraction of sp³-hybridized carbons (Fsp3) is 0.556. The molecule has 24 heavy (non-hydrogen) atoms. The lowest BCUT2D eigenvalue weighted by Gasteiger charge is -2.23. The molecule has 1 heterocycles. The molecule has 0 unspecified atom stereocenters. The molecule has 130 valence electrons. The van der Waals surface area contributed by atoms with Crippen molar-refractivity contribution < 1.29 is 19.4 Å². The zero-order chi connectivity index (χ0) is 17.3. The number of carboxylic acids is 1. The molecule has 1 aromatic rings. The lowest BCUT2D eigenvalue weighted by atomic mass is 9.81. The maximum absolute atomic E-state index is 12.5. The second kappa shape index (κ2) is 6.75. The van der Waals surface area contributed by atoms with Crippen LogP contribution in [0.1, 0.15) is 31.2 Å². The number of ether oxygens (including phenoxy) is 1. The summed E-state index contributed by atoms with van der Waals surface area (Å²) in [6.45, 7) is 0.968. The van der Waals surface area contributed by atoms with Gasteiger partial charge in [0.25, 0.3) is 0 Å². The summed E-state index contributed by atoms with van der Waals surface area (Å²) in [6, 6.07) is 5.79. The molecule has 5 nitrogen and oxygen atoms in total. The van der Waals surface area contributed by atoms with E-state index in [-0.39, 0.29) is 11.8 Å². The Kier molecular flexibility index (Phi) is 4.85. The lowest BCUT2D eigenvalue weighted by Crippen LogP contribution is -2.37. The minimum Gasteiger partial charge on any atom is -0.496 e. The number of halogens is 1. The van der Waals surface area contributed by atoms with E-state index in [2.05, 4.69) is 15.9 Å². The van der Waals surface area contributed by atoms with Crippen LogP contribution in [0.4, 0.5) is 0 Å². The van der Waals surface area contributed by atoms with Crippen LogP contribution in [-0.2, 0) is 16.0 Å². The van der Waals surface area contributed by atoms with Crippen LogP contribution < -0.4 is 4.74 Å². The Bertz CT molecular complexity index is 662. The molecule has 1 saturated heterocycles.